The van der Waals surface area contributed by atoms with E-state index in [1.165, 1.54) is 0 Å². The maximum absolute atomic E-state index is 13.2. The molecule has 4 aromatic carbocycles. The summed E-state index contributed by atoms with van der Waals surface area (Å²) in [6, 6.07) is 26.5. The van der Waals surface area contributed by atoms with Gasteiger partial charge >= 0.3 is 5.97 Å². The zero-order valence-electron chi connectivity index (χ0n) is 16.5. The van der Waals surface area contributed by atoms with Crippen LogP contribution in [0.3, 0.4) is 0 Å². The van der Waals surface area contributed by atoms with Crippen LogP contribution in [0.1, 0.15) is 28.8 Å². The van der Waals surface area contributed by atoms with E-state index in [9.17, 15) is 14.7 Å². The Balaban J connectivity index is 1.59. The first kappa shape index (κ1) is 19.6. The summed E-state index contributed by atoms with van der Waals surface area (Å²) < 4.78 is 0. The molecule has 0 aliphatic heterocycles. The molecule has 1 amide bonds. The van der Waals surface area contributed by atoms with E-state index in [4.69, 9.17) is 0 Å². The van der Waals surface area contributed by atoms with E-state index in [-0.39, 0.29) is 5.91 Å². The number of carboxylic acids is 1. The Morgan fingerprint density at radius 2 is 1.37 bits per heavy atom. The summed E-state index contributed by atoms with van der Waals surface area (Å²) in [5, 5.41) is 16.0. The van der Waals surface area contributed by atoms with E-state index in [1.807, 2.05) is 78.9 Å². The molecule has 0 saturated heterocycles. The van der Waals surface area contributed by atoms with Crippen LogP contribution in [0.15, 0.2) is 84.9 Å². The molecular weight excluding hydrogens is 374 g/mol. The van der Waals surface area contributed by atoms with Gasteiger partial charge in [-0.25, -0.2) is 4.79 Å². The van der Waals surface area contributed by atoms with Crippen LogP contribution in [-0.2, 0) is 11.2 Å². The minimum atomic E-state index is -1.01. The van der Waals surface area contributed by atoms with Gasteiger partial charge in [0.25, 0.3) is 5.91 Å². The third kappa shape index (κ3) is 4.18. The number of hydrogen-bond donors (Lipinski definition) is 2. The van der Waals surface area contributed by atoms with Gasteiger partial charge in [0.15, 0.2) is 0 Å². The fourth-order valence-corrected chi connectivity index (χ4v) is 3.90. The average molecular weight is 397 g/mol. The van der Waals surface area contributed by atoms with E-state index in [0.717, 1.165) is 33.5 Å². The molecule has 0 aliphatic rings. The molecule has 0 unspecified atom stereocenters. The normalized spacial score (nSPS) is 12.0. The van der Waals surface area contributed by atoms with Crippen molar-refractivity contribution in [2.24, 2.45) is 0 Å². The van der Waals surface area contributed by atoms with Crippen molar-refractivity contribution in [3.63, 3.8) is 0 Å². The fourth-order valence-electron chi connectivity index (χ4n) is 3.90. The maximum atomic E-state index is 13.2. The quantitative estimate of drug-likeness (QED) is 0.421. The molecule has 4 aromatic rings. The summed E-state index contributed by atoms with van der Waals surface area (Å²) in [5.41, 5.74) is 1.69. The highest BCUT2D eigenvalue weighted by Crippen LogP contribution is 2.28. The third-order valence-electron chi connectivity index (χ3n) is 5.40. The smallest absolute Gasteiger partial charge is 0.326 e. The van der Waals surface area contributed by atoms with Crippen molar-refractivity contribution in [3.8, 4) is 0 Å². The predicted molar refractivity (Wildman–Crippen MR) is 120 cm³/mol. The van der Waals surface area contributed by atoms with Crippen LogP contribution < -0.4 is 5.32 Å². The standard InChI is InChI=1S/C26H23NO3/c28-25(27-23(26(29)30)16-8-11-18-9-2-1-3-10-18)24-21-14-6-4-12-19(21)17-20-13-5-7-15-22(20)24/h1-7,9-10,12-15,17,23H,8,11,16H2,(H,27,28)(H,29,30)/t23-/m1/s1. The van der Waals surface area contributed by atoms with Crippen LogP contribution >= 0.6 is 0 Å². The largest absolute Gasteiger partial charge is 0.480 e. The second-order valence-electron chi connectivity index (χ2n) is 7.44. The second kappa shape index (κ2) is 8.78. The Labute approximate surface area is 175 Å². The zero-order chi connectivity index (χ0) is 20.9. The number of aliphatic carboxylic acids is 1. The van der Waals surface area contributed by atoms with Gasteiger partial charge in [-0.15, -0.1) is 0 Å². The Bertz CT molecular complexity index is 1150. The first-order valence-corrected chi connectivity index (χ1v) is 10.1. The summed E-state index contributed by atoms with van der Waals surface area (Å²) in [6.07, 6.45) is 1.83. The van der Waals surface area contributed by atoms with Crippen molar-refractivity contribution >= 4 is 33.4 Å². The van der Waals surface area contributed by atoms with Crippen molar-refractivity contribution in [3.05, 3.63) is 96.1 Å². The molecule has 4 nitrogen and oxygen atoms in total. The monoisotopic (exact) mass is 397 g/mol. The lowest BCUT2D eigenvalue weighted by Gasteiger charge is -2.17. The molecule has 0 heterocycles. The number of carbonyl (C=O) groups excluding carboxylic acids is 1. The molecule has 1 atom stereocenters. The van der Waals surface area contributed by atoms with Gasteiger partial charge in [0.1, 0.15) is 6.04 Å². The number of benzene rings is 4. The molecule has 0 radical (unpaired) electrons. The lowest BCUT2D eigenvalue weighted by Crippen LogP contribution is -2.41. The lowest BCUT2D eigenvalue weighted by molar-refractivity contribution is -0.139. The number of amides is 1. The lowest BCUT2D eigenvalue weighted by atomic mass is 9.96. The Hall–Kier alpha value is -3.66. The highest BCUT2D eigenvalue weighted by Gasteiger charge is 2.23. The number of carboxylic acid groups (broad SMARTS) is 1. The molecule has 0 spiro atoms. The fraction of sp³-hybridized carbons (Fsp3) is 0.154. The number of hydrogen-bond acceptors (Lipinski definition) is 2. The second-order valence-corrected chi connectivity index (χ2v) is 7.44. The molecular formula is C26H23NO3. The van der Waals surface area contributed by atoms with E-state index in [1.54, 1.807) is 0 Å². The molecule has 0 fully saturated rings. The SMILES string of the molecule is O=C(N[C@H](CCCc1ccccc1)C(=O)O)c1c2ccccc2cc2ccccc12. The summed E-state index contributed by atoms with van der Waals surface area (Å²) in [6.45, 7) is 0. The molecule has 4 rings (SSSR count). The van der Waals surface area contributed by atoms with Crippen molar-refractivity contribution in [1.82, 2.24) is 5.32 Å². The summed E-state index contributed by atoms with van der Waals surface area (Å²) >= 11 is 0. The van der Waals surface area contributed by atoms with Gasteiger partial charge in [0, 0.05) is 0 Å². The summed E-state index contributed by atoms with van der Waals surface area (Å²) in [7, 11) is 0. The van der Waals surface area contributed by atoms with Gasteiger partial charge in [0.2, 0.25) is 0 Å². The minimum absolute atomic E-state index is 0.352. The molecule has 30 heavy (non-hydrogen) atoms. The number of aryl methyl sites for hydroxylation is 1. The summed E-state index contributed by atoms with van der Waals surface area (Å²) in [4.78, 5) is 25.1. The van der Waals surface area contributed by atoms with Gasteiger partial charge in [-0.2, -0.15) is 0 Å². The van der Waals surface area contributed by atoms with Crippen LogP contribution in [0.4, 0.5) is 0 Å². The molecule has 0 aromatic heterocycles. The Morgan fingerprint density at radius 3 is 1.97 bits per heavy atom. The van der Waals surface area contributed by atoms with Gasteiger partial charge in [0.05, 0.1) is 5.56 Å². The Morgan fingerprint density at radius 1 is 0.800 bits per heavy atom. The topological polar surface area (TPSA) is 66.4 Å². The van der Waals surface area contributed by atoms with Gasteiger partial charge in [-0.05, 0) is 52.4 Å². The molecule has 4 heteroatoms. The van der Waals surface area contributed by atoms with Gasteiger partial charge in [-0.1, -0.05) is 78.9 Å². The number of rotatable bonds is 7. The minimum Gasteiger partial charge on any atom is -0.480 e. The van der Waals surface area contributed by atoms with Gasteiger partial charge < -0.3 is 10.4 Å². The van der Waals surface area contributed by atoms with E-state index in [0.29, 0.717) is 18.4 Å². The van der Waals surface area contributed by atoms with E-state index >= 15 is 0 Å². The van der Waals surface area contributed by atoms with Gasteiger partial charge in [-0.3, -0.25) is 4.79 Å². The first-order chi connectivity index (χ1) is 14.6. The highest BCUT2D eigenvalue weighted by molar-refractivity contribution is 6.18. The van der Waals surface area contributed by atoms with E-state index < -0.39 is 12.0 Å². The van der Waals surface area contributed by atoms with Crippen molar-refractivity contribution < 1.29 is 14.7 Å². The van der Waals surface area contributed by atoms with Crippen LogP contribution in [0.2, 0.25) is 0 Å². The average Bonchev–Trinajstić information content (AvgIpc) is 2.77. The molecule has 0 bridgehead atoms. The number of carbonyl (C=O) groups is 2. The van der Waals surface area contributed by atoms with Crippen LogP contribution in [-0.4, -0.2) is 23.0 Å². The van der Waals surface area contributed by atoms with Crippen molar-refractivity contribution in [2.75, 3.05) is 0 Å². The maximum Gasteiger partial charge on any atom is 0.326 e. The van der Waals surface area contributed by atoms with Crippen LogP contribution in [0.5, 0.6) is 0 Å². The number of nitrogens with one attached hydrogen (secondary N) is 1. The predicted octanol–water partition coefficient (Wildman–Crippen LogP) is 5.20. The van der Waals surface area contributed by atoms with E-state index in [2.05, 4.69) is 11.4 Å². The first-order valence-electron chi connectivity index (χ1n) is 10.1. The van der Waals surface area contributed by atoms with Crippen molar-refractivity contribution in [1.29, 1.82) is 0 Å². The Kier molecular flexibility index (Phi) is 5.75. The molecule has 0 aliphatic carbocycles. The van der Waals surface area contributed by atoms with Crippen molar-refractivity contribution in [2.45, 2.75) is 25.3 Å². The number of fused-ring (bicyclic) bond motifs is 2. The zero-order valence-corrected chi connectivity index (χ0v) is 16.5. The molecule has 2 N–H and O–H groups in total. The van der Waals surface area contributed by atoms with Crippen LogP contribution in [0, 0.1) is 0 Å². The molecule has 150 valence electrons. The molecule has 0 saturated carbocycles. The highest BCUT2D eigenvalue weighted by atomic mass is 16.4. The van der Waals surface area contributed by atoms with Crippen LogP contribution in [0.25, 0.3) is 21.5 Å². The third-order valence-corrected chi connectivity index (χ3v) is 5.40. The summed E-state index contributed by atoms with van der Waals surface area (Å²) in [5.74, 6) is -1.36.